The van der Waals surface area contributed by atoms with Crippen LogP contribution in [0.25, 0.3) is 0 Å². The SMILES string of the molecule is COC(=O)C1=NNC2C(=O)N(c3cccc(C(C)=O)c3)C(=O)C12. The van der Waals surface area contributed by atoms with Crippen molar-refractivity contribution in [3.8, 4) is 0 Å². The minimum Gasteiger partial charge on any atom is -0.464 e. The van der Waals surface area contributed by atoms with Crippen molar-refractivity contribution in [2.45, 2.75) is 13.0 Å². The third kappa shape index (κ3) is 2.19. The van der Waals surface area contributed by atoms with Crippen LogP contribution in [0.4, 0.5) is 5.69 Å². The fourth-order valence-electron chi connectivity index (χ4n) is 2.68. The number of hydrazone groups is 1. The fraction of sp³-hybridized carbons (Fsp3) is 0.267. The van der Waals surface area contributed by atoms with Crippen LogP contribution in [0.1, 0.15) is 17.3 Å². The lowest BCUT2D eigenvalue weighted by Gasteiger charge is -2.16. The highest BCUT2D eigenvalue weighted by Crippen LogP contribution is 2.31. The number of fused-ring (bicyclic) bond motifs is 1. The van der Waals surface area contributed by atoms with Crippen LogP contribution in [0.3, 0.4) is 0 Å². The number of hydrogen-bond donors (Lipinski definition) is 1. The van der Waals surface area contributed by atoms with Gasteiger partial charge in [0, 0.05) is 5.56 Å². The van der Waals surface area contributed by atoms with Gasteiger partial charge in [-0.15, -0.1) is 0 Å². The molecule has 1 saturated heterocycles. The third-order valence-corrected chi connectivity index (χ3v) is 3.83. The number of imide groups is 1. The maximum Gasteiger partial charge on any atom is 0.355 e. The van der Waals surface area contributed by atoms with Gasteiger partial charge in [0.1, 0.15) is 12.0 Å². The second-order valence-electron chi connectivity index (χ2n) is 5.19. The van der Waals surface area contributed by atoms with Gasteiger partial charge in [0.2, 0.25) is 5.91 Å². The van der Waals surface area contributed by atoms with Crippen molar-refractivity contribution in [3.05, 3.63) is 29.8 Å². The van der Waals surface area contributed by atoms with Crippen molar-refractivity contribution in [2.75, 3.05) is 12.0 Å². The van der Waals surface area contributed by atoms with Gasteiger partial charge in [0.05, 0.1) is 12.8 Å². The predicted molar refractivity (Wildman–Crippen MR) is 78.8 cm³/mol. The van der Waals surface area contributed by atoms with Gasteiger partial charge in [-0.2, -0.15) is 5.10 Å². The molecule has 2 amide bonds. The molecule has 2 aliphatic rings. The van der Waals surface area contributed by atoms with E-state index >= 15 is 0 Å². The summed E-state index contributed by atoms with van der Waals surface area (Å²) in [4.78, 5) is 49.2. The summed E-state index contributed by atoms with van der Waals surface area (Å²) < 4.78 is 4.58. The Morgan fingerprint density at radius 1 is 1.26 bits per heavy atom. The number of amides is 2. The Balaban J connectivity index is 1.98. The van der Waals surface area contributed by atoms with Crippen LogP contribution in [0, 0.1) is 5.92 Å². The molecule has 2 aliphatic heterocycles. The zero-order valence-corrected chi connectivity index (χ0v) is 12.4. The number of carbonyl (C=O) groups excluding carboxylic acids is 4. The van der Waals surface area contributed by atoms with Crippen LogP contribution in [0.15, 0.2) is 29.4 Å². The van der Waals surface area contributed by atoms with Crippen molar-refractivity contribution >= 4 is 35.0 Å². The summed E-state index contributed by atoms with van der Waals surface area (Å²) in [6.07, 6.45) is 0. The maximum absolute atomic E-state index is 12.6. The number of methoxy groups -OCH3 is 1. The molecule has 1 fully saturated rings. The van der Waals surface area contributed by atoms with Crippen LogP contribution in [0.5, 0.6) is 0 Å². The average molecular weight is 315 g/mol. The minimum absolute atomic E-state index is 0.124. The highest BCUT2D eigenvalue weighted by molar-refractivity contribution is 6.46. The molecule has 0 saturated carbocycles. The molecular formula is C15H13N3O5. The molecular weight excluding hydrogens is 302 g/mol. The van der Waals surface area contributed by atoms with Gasteiger partial charge in [-0.1, -0.05) is 12.1 Å². The van der Waals surface area contributed by atoms with Crippen LogP contribution >= 0.6 is 0 Å². The maximum atomic E-state index is 12.6. The average Bonchev–Trinajstić information content (AvgIpc) is 3.08. The van der Waals surface area contributed by atoms with Crippen molar-refractivity contribution < 1.29 is 23.9 Å². The van der Waals surface area contributed by atoms with Gasteiger partial charge in [-0.05, 0) is 19.1 Å². The molecule has 1 N–H and O–H groups in total. The quantitative estimate of drug-likeness (QED) is 0.473. The summed E-state index contributed by atoms with van der Waals surface area (Å²) in [5.74, 6) is -3.05. The van der Waals surface area contributed by atoms with Gasteiger partial charge in [-0.3, -0.25) is 19.8 Å². The second kappa shape index (κ2) is 5.31. The Labute approximate surface area is 131 Å². The van der Waals surface area contributed by atoms with Crippen LogP contribution in [-0.4, -0.2) is 42.4 Å². The van der Waals surface area contributed by atoms with Crippen LogP contribution in [0.2, 0.25) is 0 Å². The standard InChI is InChI=1S/C15H13N3O5/c1-7(19)8-4-3-5-9(6-8)18-13(20)10-11(14(18)21)16-17-12(10)15(22)23-2/h3-6,10-11,16H,1-2H3. The number of esters is 1. The largest absolute Gasteiger partial charge is 0.464 e. The number of hydrogen-bond acceptors (Lipinski definition) is 7. The molecule has 23 heavy (non-hydrogen) atoms. The second-order valence-corrected chi connectivity index (χ2v) is 5.19. The number of Topliss-reactive ketones (excluding diaryl/α,β-unsaturated/α-hetero) is 1. The molecule has 0 aliphatic carbocycles. The van der Waals surface area contributed by atoms with E-state index in [1.807, 2.05) is 0 Å². The summed E-state index contributed by atoms with van der Waals surface area (Å²) in [5, 5.41) is 3.74. The van der Waals surface area contributed by atoms with E-state index in [0.29, 0.717) is 5.56 Å². The summed E-state index contributed by atoms with van der Waals surface area (Å²) in [6.45, 7) is 1.39. The molecule has 0 spiro atoms. The number of carbonyl (C=O) groups is 4. The zero-order valence-electron chi connectivity index (χ0n) is 12.4. The summed E-state index contributed by atoms with van der Waals surface area (Å²) >= 11 is 0. The van der Waals surface area contributed by atoms with Gasteiger partial charge in [0.15, 0.2) is 11.5 Å². The Hall–Kier alpha value is -3.03. The molecule has 8 nitrogen and oxygen atoms in total. The van der Waals surface area contributed by atoms with E-state index in [9.17, 15) is 19.2 Å². The molecule has 0 aromatic heterocycles. The first-order valence-corrected chi connectivity index (χ1v) is 6.86. The summed E-state index contributed by atoms with van der Waals surface area (Å²) in [7, 11) is 1.17. The molecule has 1 aromatic carbocycles. The number of nitrogens with zero attached hydrogens (tertiary/aromatic N) is 2. The first-order valence-electron chi connectivity index (χ1n) is 6.86. The summed E-state index contributed by atoms with van der Waals surface area (Å²) in [5.41, 5.74) is 3.05. The molecule has 1 aromatic rings. The summed E-state index contributed by atoms with van der Waals surface area (Å²) in [6, 6.07) is 5.27. The predicted octanol–water partition coefficient (Wildman–Crippen LogP) is -0.121. The Morgan fingerprint density at radius 2 is 2.00 bits per heavy atom. The molecule has 0 radical (unpaired) electrons. The number of rotatable bonds is 3. The lowest BCUT2D eigenvalue weighted by atomic mass is 9.99. The Bertz CT molecular complexity index is 770. The van der Waals surface area contributed by atoms with E-state index in [1.54, 1.807) is 18.2 Å². The molecule has 8 heteroatoms. The monoisotopic (exact) mass is 315 g/mol. The van der Waals surface area contributed by atoms with Gasteiger partial charge >= 0.3 is 5.97 Å². The number of ether oxygens (including phenoxy) is 1. The molecule has 2 atom stereocenters. The number of benzene rings is 1. The number of nitrogens with one attached hydrogen (secondary N) is 1. The highest BCUT2D eigenvalue weighted by atomic mass is 16.5. The zero-order chi connectivity index (χ0) is 16.7. The van der Waals surface area contributed by atoms with Crippen LogP contribution < -0.4 is 10.3 Å². The fourth-order valence-corrected chi connectivity index (χ4v) is 2.68. The number of ketones is 1. The number of anilines is 1. The lowest BCUT2D eigenvalue weighted by molar-refractivity contribution is -0.133. The first kappa shape index (κ1) is 14.9. The normalized spacial score (nSPS) is 22.5. The minimum atomic E-state index is -1.02. The molecule has 3 rings (SSSR count). The highest BCUT2D eigenvalue weighted by Gasteiger charge is 2.55. The third-order valence-electron chi connectivity index (χ3n) is 3.83. The van der Waals surface area contributed by atoms with E-state index in [4.69, 9.17) is 0 Å². The van der Waals surface area contributed by atoms with E-state index in [0.717, 1.165) is 4.90 Å². The first-order chi connectivity index (χ1) is 11.0. The lowest BCUT2D eigenvalue weighted by Crippen LogP contribution is -2.36. The van der Waals surface area contributed by atoms with E-state index in [1.165, 1.54) is 20.1 Å². The molecule has 2 heterocycles. The van der Waals surface area contributed by atoms with Crippen molar-refractivity contribution in [2.24, 2.45) is 11.0 Å². The van der Waals surface area contributed by atoms with Crippen molar-refractivity contribution in [3.63, 3.8) is 0 Å². The van der Waals surface area contributed by atoms with Gasteiger partial charge < -0.3 is 4.74 Å². The molecule has 2 unspecified atom stereocenters. The molecule has 118 valence electrons. The van der Waals surface area contributed by atoms with Gasteiger partial charge in [-0.25, -0.2) is 9.69 Å². The van der Waals surface area contributed by atoms with Crippen LogP contribution in [-0.2, 0) is 19.1 Å². The smallest absolute Gasteiger partial charge is 0.355 e. The topological polar surface area (TPSA) is 105 Å². The van der Waals surface area contributed by atoms with E-state index in [2.05, 4.69) is 15.3 Å². The van der Waals surface area contributed by atoms with Crippen molar-refractivity contribution in [1.29, 1.82) is 0 Å². The Morgan fingerprint density at radius 3 is 2.65 bits per heavy atom. The van der Waals surface area contributed by atoms with E-state index < -0.39 is 29.7 Å². The van der Waals surface area contributed by atoms with Crippen molar-refractivity contribution in [1.82, 2.24) is 5.43 Å². The van der Waals surface area contributed by atoms with E-state index in [-0.39, 0.29) is 17.2 Å². The molecule has 0 bridgehead atoms. The Kier molecular flexibility index (Phi) is 3.44. The van der Waals surface area contributed by atoms with Gasteiger partial charge in [0.25, 0.3) is 5.91 Å².